The topological polar surface area (TPSA) is 46.8 Å². The van der Waals surface area contributed by atoms with Crippen LogP contribution in [0.2, 0.25) is 0 Å². The van der Waals surface area contributed by atoms with Crippen LogP contribution in [0.1, 0.15) is 111 Å². The summed E-state index contributed by atoms with van der Waals surface area (Å²) in [5, 5.41) is 18.3. The molecule has 0 fully saturated rings. The number of hydrogen-bond acceptors (Lipinski definition) is 2. The lowest BCUT2D eigenvalue weighted by molar-refractivity contribution is 0.590. The van der Waals surface area contributed by atoms with Crippen molar-refractivity contribution in [3.8, 4) is 28.6 Å². The highest BCUT2D eigenvalue weighted by molar-refractivity contribution is 6.17. The second-order valence-corrected chi connectivity index (χ2v) is 21.9. The largest absolute Gasteiger partial charge is 0.455 e. The third-order valence-electron chi connectivity index (χ3n) is 13.4. The first-order valence-electron chi connectivity index (χ1n) is 22.4. The van der Waals surface area contributed by atoms with Gasteiger partial charge in [0.15, 0.2) is 0 Å². The number of aromatic nitrogens is 2. The molecule has 0 spiro atoms. The number of fused-ring (bicyclic) bond motifs is 9. The van der Waals surface area contributed by atoms with E-state index in [0.29, 0.717) is 11.1 Å². The van der Waals surface area contributed by atoms with Crippen molar-refractivity contribution >= 4 is 65.6 Å². The zero-order chi connectivity index (χ0) is 44.5. The van der Waals surface area contributed by atoms with Gasteiger partial charge in [0.25, 0.3) is 0 Å². The molecule has 0 saturated heterocycles. The van der Waals surface area contributed by atoms with Crippen molar-refractivity contribution in [2.75, 3.05) is 0 Å². The summed E-state index contributed by atoms with van der Waals surface area (Å²) in [6.45, 7) is 27.3. The minimum Gasteiger partial charge on any atom is -0.455 e. The second-order valence-electron chi connectivity index (χ2n) is 21.9. The molecule has 63 heavy (non-hydrogen) atoms. The van der Waals surface area contributed by atoms with Crippen LogP contribution in [0.5, 0.6) is 0 Å². The molecule has 10 rings (SSSR count). The van der Waals surface area contributed by atoms with Crippen LogP contribution >= 0.6 is 0 Å². The van der Waals surface area contributed by atoms with E-state index in [9.17, 15) is 5.26 Å². The molecule has 0 N–H and O–H groups in total. The van der Waals surface area contributed by atoms with E-state index in [1.54, 1.807) is 0 Å². The van der Waals surface area contributed by atoms with Gasteiger partial charge in [-0.2, -0.15) is 5.26 Å². The van der Waals surface area contributed by atoms with E-state index in [0.717, 1.165) is 60.9 Å². The van der Waals surface area contributed by atoms with Crippen molar-refractivity contribution in [1.29, 1.82) is 5.26 Å². The van der Waals surface area contributed by atoms with Crippen LogP contribution in [0.15, 0.2) is 132 Å². The van der Waals surface area contributed by atoms with Gasteiger partial charge in [-0.1, -0.05) is 156 Å². The van der Waals surface area contributed by atoms with E-state index in [4.69, 9.17) is 4.42 Å². The molecule has 7 aromatic carbocycles. The highest BCUT2D eigenvalue weighted by atomic mass is 16.3. The summed E-state index contributed by atoms with van der Waals surface area (Å²) >= 11 is 0. The van der Waals surface area contributed by atoms with Crippen molar-refractivity contribution < 1.29 is 4.42 Å². The number of nitrogens with zero attached hydrogens (tertiary/aromatic N) is 3. The van der Waals surface area contributed by atoms with Crippen molar-refractivity contribution in [3.05, 3.63) is 155 Å². The fourth-order valence-electron chi connectivity index (χ4n) is 9.70. The molecule has 0 atom stereocenters. The Morgan fingerprint density at radius 3 is 1.29 bits per heavy atom. The lowest BCUT2D eigenvalue weighted by Gasteiger charge is -2.21. The van der Waals surface area contributed by atoms with Gasteiger partial charge in [-0.3, -0.25) is 0 Å². The van der Waals surface area contributed by atoms with E-state index in [-0.39, 0.29) is 21.7 Å². The molecule has 3 heterocycles. The molecule has 314 valence electrons. The number of para-hydroxylation sites is 1. The average molecular weight is 824 g/mol. The third kappa shape index (κ3) is 6.38. The predicted octanol–water partition coefficient (Wildman–Crippen LogP) is 16.5. The minimum atomic E-state index is -0.0565. The molecule has 0 radical (unpaired) electrons. The standard InChI is InChI=1S/C59H57N3O/c1-56(2,3)36-21-25-47-42(29-36)43-30-37(57(4,5)6)22-26-48(43)61(47)51-33-52-53(41-20-16-19-40(55(41)63-52)35-17-14-13-15-18-35)46(34-60)54(51)62-49-27-23-38(58(7,8)9)31-44(49)45-32-39(59(10,11)12)24-28-50(45)62/h13-33H,1-12H3. The highest BCUT2D eigenvalue weighted by Crippen LogP contribution is 2.47. The first kappa shape index (κ1) is 40.5. The van der Waals surface area contributed by atoms with Crippen LogP contribution < -0.4 is 0 Å². The Labute approximate surface area is 371 Å². The zero-order valence-electron chi connectivity index (χ0n) is 38.9. The maximum Gasteiger partial charge on any atom is 0.143 e. The molecular weight excluding hydrogens is 767 g/mol. The Morgan fingerprint density at radius 1 is 0.444 bits per heavy atom. The molecule has 0 aliphatic rings. The van der Waals surface area contributed by atoms with Crippen molar-refractivity contribution in [1.82, 2.24) is 9.13 Å². The van der Waals surface area contributed by atoms with E-state index >= 15 is 0 Å². The first-order chi connectivity index (χ1) is 29.7. The highest BCUT2D eigenvalue weighted by Gasteiger charge is 2.29. The van der Waals surface area contributed by atoms with Crippen molar-refractivity contribution in [3.63, 3.8) is 0 Å². The van der Waals surface area contributed by atoms with Gasteiger partial charge >= 0.3 is 0 Å². The molecule has 0 unspecified atom stereocenters. The van der Waals surface area contributed by atoms with E-state index in [1.807, 2.05) is 6.07 Å². The number of benzene rings is 7. The number of hydrogen-bond donors (Lipinski definition) is 0. The summed E-state index contributed by atoms with van der Waals surface area (Å²) in [5.74, 6) is 0. The molecule has 10 aromatic rings. The Morgan fingerprint density at radius 2 is 0.873 bits per heavy atom. The predicted molar refractivity (Wildman–Crippen MR) is 267 cm³/mol. The molecule has 4 nitrogen and oxygen atoms in total. The van der Waals surface area contributed by atoms with Crippen LogP contribution in [0.3, 0.4) is 0 Å². The maximum atomic E-state index is 11.8. The molecular formula is C59H57N3O. The smallest absolute Gasteiger partial charge is 0.143 e. The molecule has 0 aliphatic heterocycles. The first-order valence-corrected chi connectivity index (χ1v) is 22.4. The Bertz CT molecular complexity index is 3390. The second kappa shape index (κ2) is 13.7. The summed E-state index contributed by atoms with van der Waals surface area (Å²) in [6.07, 6.45) is 0. The lowest BCUT2D eigenvalue weighted by atomic mass is 9.85. The summed E-state index contributed by atoms with van der Waals surface area (Å²) in [5.41, 5.74) is 15.0. The van der Waals surface area contributed by atoms with E-state index in [1.165, 1.54) is 43.8 Å². The fourth-order valence-corrected chi connectivity index (χ4v) is 9.70. The van der Waals surface area contributed by atoms with E-state index < -0.39 is 0 Å². The maximum absolute atomic E-state index is 11.8. The summed E-state index contributed by atoms with van der Waals surface area (Å²) in [4.78, 5) is 0. The van der Waals surface area contributed by atoms with Gasteiger partial charge in [0.2, 0.25) is 0 Å². The van der Waals surface area contributed by atoms with Crippen LogP contribution in [0.4, 0.5) is 0 Å². The minimum absolute atomic E-state index is 0.0478. The Kier molecular flexibility index (Phi) is 8.82. The van der Waals surface area contributed by atoms with Gasteiger partial charge in [-0.05, 0) is 98.0 Å². The molecule has 0 aliphatic carbocycles. The van der Waals surface area contributed by atoms with Gasteiger partial charge in [0.1, 0.15) is 17.2 Å². The molecule has 0 bridgehead atoms. The monoisotopic (exact) mass is 823 g/mol. The van der Waals surface area contributed by atoms with Crippen LogP contribution in [-0.2, 0) is 21.7 Å². The molecule has 4 heteroatoms. The average Bonchev–Trinajstić information content (AvgIpc) is 3.88. The quantitative estimate of drug-likeness (QED) is 0.178. The molecule has 0 amide bonds. The van der Waals surface area contributed by atoms with Crippen LogP contribution in [0, 0.1) is 11.3 Å². The van der Waals surface area contributed by atoms with Crippen LogP contribution in [0.25, 0.3) is 88.1 Å². The summed E-state index contributed by atoms with van der Waals surface area (Å²) in [7, 11) is 0. The fraction of sp³-hybridized carbons (Fsp3) is 0.271. The number of nitriles is 1. The lowest BCUT2D eigenvalue weighted by Crippen LogP contribution is -2.11. The number of furan rings is 1. The molecule has 0 saturated carbocycles. The third-order valence-corrected chi connectivity index (χ3v) is 13.4. The normalized spacial score (nSPS) is 13.1. The van der Waals surface area contributed by atoms with Gasteiger partial charge in [0.05, 0.1) is 39.0 Å². The SMILES string of the molecule is CC(C)(C)c1ccc2c(c1)c1cc(C(C)(C)C)ccc1n2-c1cc2oc3c(-c4ccccc4)cccc3c2c(C#N)c1-n1c2ccc(C(C)(C)C)cc2c2cc(C(C)(C)C)ccc21. The van der Waals surface area contributed by atoms with Gasteiger partial charge in [-0.25, -0.2) is 0 Å². The van der Waals surface area contributed by atoms with Gasteiger partial charge in [0, 0.05) is 43.9 Å². The number of rotatable bonds is 3. The summed E-state index contributed by atoms with van der Waals surface area (Å²) < 4.78 is 11.8. The van der Waals surface area contributed by atoms with Crippen molar-refractivity contribution in [2.45, 2.75) is 105 Å². The molecule has 3 aromatic heterocycles. The zero-order valence-corrected chi connectivity index (χ0v) is 38.9. The Balaban J connectivity index is 1.43. The summed E-state index contributed by atoms with van der Waals surface area (Å²) in [6, 6.07) is 49.5. The van der Waals surface area contributed by atoms with Crippen molar-refractivity contribution in [2.24, 2.45) is 0 Å². The Hall–Kier alpha value is -6.57. The van der Waals surface area contributed by atoms with Gasteiger partial charge in [-0.15, -0.1) is 0 Å². The van der Waals surface area contributed by atoms with Crippen LogP contribution in [-0.4, -0.2) is 9.13 Å². The van der Waals surface area contributed by atoms with Gasteiger partial charge < -0.3 is 13.6 Å². The van der Waals surface area contributed by atoms with E-state index in [2.05, 4.69) is 220 Å².